The number of aromatic nitrogens is 4. The number of ether oxygens (including phenoxy) is 1. The Morgan fingerprint density at radius 2 is 2.12 bits per heavy atom. The molecule has 26 heavy (non-hydrogen) atoms. The highest BCUT2D eigenvalue weighted by Gasteiger charge is 2.27. The van der Waals surface area contributed by atoms with Gasteiger partial charge in [-0.3, -0.25) is 10.1 Å². The molecule has 1 amide bonds. The van der Waals surface area contributed by atoms with E-state index in [0.717, 1.165) is 16.6 Å². The van der Waals surface area contributed by atoms with E-state index in [1.54, 1.807) is 42.4 Å². The second kappa shape index (κ2) is 7.25. The van der Waals surface area contributed by atoms with Crippen LogP contribution in [0.5, 0.6) is 5.75 Å². The fourth-order valence-corrected chi connectivity index (χ4v) is 3.40. The number of thiazole rings is 1. The summed E-state index contributed by atoms with van der Waals surface area (Å²) in [5.74, 6) is 1.32. The first kappa shape index (κ1) is 16.7. The highest BCUT2D eigenvalue weighted by atomic mass is 32.1. The van der Waals surface area contributed by atoms with E-state index in [-0.39, 0.29) is 5.91 Å². The quantitative estimate of drug-likeness (QED) is 0.753. The Labute approximate surface area is 155 Å². The number of hydrogen-bond acceptors (Lipinski definition) is 6. The van der Waals surface area contributed by atoms with E-state index in [1.165, 1.54) is 17.7 Å². The molecule has 3 aromatic rings. The van der Waals surface area contributed by atoms with Crippen LogP contribution < -0.4 is 10.1 Å². The average molecular weight is 364 g/mol. The second-order valence-corrected chi connectivity index (χ2v) is 6.35. The number of nitrogens with zero attached hydrogens (tertiary/aromatic N) is 4. The molecule has 7 nitrogen and oxygen atoms in total. The van der Waals surface area contributed by atoms with E-state index in [4.69, 9.17) is 4.74 Å². The van der Waals surface area contributed by atoms with Crippen molar-refractivity contribution in [3.8, 4) is 10.8 Å². The number of rotatable bonds is 5. The smallest absolute Gasteiger partial charge is 0.257 e. The summed E-state index contributed by atoms with van der Waals surface area (Å²) in [5.41, 5.74) is 1.24. The van der Waals surface area contributed by atoms with E-state index in [9.17, 15) is 4.79 Å². The molecular formula is C18H14N5O2S. The van der Waals surface area contributed by atoms with Gasteiger partial charge in [-0.05, 0) is 43.9 Å². The third-order valence-corrected chi connectivity index (χ3v) is 4.69. The Morgan fingerprint density at radius 1 is 1.27 bits per heavy atom. The number of hydrogen-bond donors (Lipinski definition) is 1. The molecule has 0 atom stereocenters. The lowest BCUT2D eigenvalue weighted by atomic mass is 10.1. The van der Waals surface area contributed by atoms with Gasteiger partial charge in [-0.15, -0.1) is 0 Å². The molecule has 1 aliphatic rings. The maximum atomic E-state index is 12.5. The van der Waals surface area contributed by atoms with Crippen molar-refractivity contribution in [2.24, 2.45) is 0 Å². The van der Waals surface area contributed by atoms with E-state index < -0.39 is 0 Å². The van der Waals surface area contributed by atoms with Crippen LogP contribution in [0.3, 0.4) is 0 Å². The van der Waals surface area contributed by atoms with Crippen molar-refractivity contribution in [1.29, 1.82) is 0 Å². The summed E-state index contributed by atoms with van der Waals surface area (Å²) in [6, 6.07) is 6.96. The standard InChI is InChI=1S/C18H14N5O2S/c1-25-14-8-4-7-13(9-14)16(24)22-18-21-15(12-5-2-3-6-12)17(26-18)23-11-19-10-20-23/h2-11H,1H3,(H,21,22,24). The van der Waals surface area contributed by atoms with Crippen molar-refractivity contribution in [2.75, 3.05) is 12.4 Å². The number of nitrogens with one attached hydrogen (secondary N) is 1. The lowest BCUT2D eigenvalue weighted by Crippen LogP contribution is -2.12. The maximum Gasteiger partial charge on any atom is 0.257 e. The van der Waals surface area contributed by atoms with Crippen LogP contribution in [0.4, 0.5) is 5.13 Å². The molecule has 0 saturated heterocycles. The average Bonchev–Trinajstić information content (AvgIpc) is 3.41. The molecule has 8 heteroatoms. The summed E-state index contributed by atoms with van der Waals surface area (Å²) in [6.07, 6.45) is 10.9. The third kappa shape index (κ3) is 3.32. The van der Waals surface area contributed by atoms with E-state index in [1.807, 2.05) is 25.7 Å². The van der Waals surface area contributed by atoms with Crippen LogP contribution in [0.25, 0.3) is 5.00 Å². The first-order valence-electron chi connectivity index (χ1n) is 7.78. The van der Waals surface area contributed by atoms with Gasteiger partial charge >= 0.3 is 0 Å². The fourth-order valence-electron chi connectivity index (χ4n) is 2.49. The van der Waals surface area contributed by atoms with Crippen LogP contribution in [-0.4, -0.2) is 32.8 Å². The van der Waals surface area contributed by atoms with Gasteiger partial charge in [0.15, 0.2) is 5.13 Å². The van der Waals surface area contributed by atoms with Gasteiger partial charge in [0, 0.05) is 11.5 Å². The first-order valence-corrected chi connectivity index (χ1v) is 8.59. The van der Waals surface area contributed by atoms with Gasteiger partial charge in [-0.25, -0.2) is 14.6 Å². The van der Waals surface area contributed by atoms with Crippen LogP contribution in [0.1, 0.15) is 16.1 Å². The van der Waals surface area contributed by atoms with Crippen molar-refractivity contribution >= 4 is 22.4 Å². The van der Waals surface area contributed by atoms with Crippen LogP contribution in [0.15, 0.2) is 36.9 Å². The molecule has 5 radical (unpaired) electrons. The van der Waals surface area contributed by atoms with E-state index >= 15 is 0 Å². The maximum absolute atomic E-state index is 12.5. The van der Waals surface area contributed by atoms with Crippen LogP contribution in [0, 0.1) is 31.6 Å². The number of methoxy groups -OCH3 is 1. The molecule has 129 valence electrons. The number of benzene rings is 1. The lowest BCUT2D eigenvalue weighted by Gasteiger charge is -2.06. The minimum atomic E-state index is -0.253. The zero-order chi connectivity index (χ0) is 17.9. The van der Waals surface area contributed by atoms with Gasteiger partial charge in [-0.1, -0.05) is 17.4 Å². The molecule has 4 rings (SSSR count). The summed E-state index contributed by atoms with van der Waals surface area (Å²) in [7, 11) is 1.56. The fraction of sp³-hybridized carbons (Fsp3) is 0.0556. The summed E-state index contributed by atoms with van der Waals surface area (Å²) in [4.78, 5) is 21.1. The molecule has 1 aliphatic carbocycles. The van der Waals surface area contributed by atoms with Gasteiger partial charge in [0.05, 0.1) is 12.8 Å². The second-order valence-electron chi connectivity index (χ2n) is 5.37. The number of carbonyl (C=O) groups is 1. The highest BCUT2D eigenvalue weighted by Crippen LogP contribution is 2.37. The predicted molar refractivity (Wildman–Crippen MR) is 97.5 cm³/mol. The number of carbonyl (C=O) groups excluding carboxylic acids is 1. The molecule has 0 unspecified atom stereocenters. The molecule has 2 heterocycles. The zero-order valence-electron chi connectivity index (χ0n) is 13.8. The molecule has 2 aromatic heterocycles. The summed E-state index contributed by atoms with van der Waals surface area (Å²) < 4.78 is 6.80. The Bertz CT molecular complexity index is 900. The van der Waals surface area contributed by atoms with Crippen molar-refractivity contribution in [3.05, 3.63) is 79.8 Å². The lowest BCUT2D eigenvalue weighted by molar-refractivity contribution is 0.102. The Morgan fingerprint density at radius 3 is 2.85 bits per heavy atom. The Kier molecular flexibility index (Phi) is 4.66. The Hall–Kier alpha value is -2.74. The van der Waals surface area contributed by atoms with Crippen molar-refractivity contribution in [3.63, 3.8) is 0 Å². The van der Waals surface area contributed by atoms with Crippen molar-refractivity contribution in [2.45, 2.75) is 0 Å². The van der Waals surface area contributed by atoms with Gasteiger partial charge in [-0.2, -0.15) is 5.10 Å². The Balaban J connectivity index is 1.62. The monoisotopic (exact) mass is 364 g/mol. The third-order valence-electron chi connectivity index (χ3n) is 3.72. The van der Waals surface area contributed by atoms with Gasteiger partial charge < -0.3 is 4.74 Å². The van der Waals surface area contributed by atoms with E-state index in [0.29, 0.717) is 16.4 Å². The van der Waals surface area contributed by atoms with Crippen molar-refractivity contribution < 1.29 is 9.53 Å². The molecule has 1 saturated carbocycles. The number of amides is 1. The first-order chi connectivity index (χ1) is 12.7. The van der Waals surface area contributed by atoms with Crippen LogP contribution in [0.2, 0.25) is 0 Å². The van der Waals surface area contributed by atoms with E-state index in [2.05, 4.69) is 20.4 Å². The predicted octanol–water partition coefficient (Wildman–Crippen LogP) is 2.74. The summed E-state index contributed by atoms with van der Waals surface area (Å²) in [6.45, 7) is 0. The van der Waals surface area contributed by atoms with Crippen molar-refractivity contribution in [1.82, 2.24) is 19.7 Å². The minimum absolute atomic E-state index is 0.253. The topological polar surface area (TPSA) is 81.9 Å². The molecular weight excluding hydrogens is 350 g/mol. The number of anilines is 1. The molecule has 0 aliphatic heterocycles. The molecule has 1 N–H and O–H groups in total. The zero-order valence-corrected chi connectivity index (χ0v) is 14.6. The molecule has 0 spiro atoms. The minimum Gasteiger partial charge on any atom is -0.497 e. The largest absolute Gasteiger partial charge is 0.497 e. The summed E-state index contributed by atoms with van der Waals surface area (Å²) in [5, 5.41) is 8.30. The normalized spacial score (nSPS) is 14.5. The molecule has 1 fully saturated rings. The molecule has 1 aromatic carbocycles. The van der Waals surface area contributed by atoms with Gasteiger partial charge in [0.1, 0.15) is 23.4 Å². The van der Waals surface area contributed by atoms with Gasteiger partial charge in [0.25, 0.3) is 5.91 Å². The van der Waals surface area contributed by atoms with Crippen LogP contribution in [-0.2, 0) is 0 Å². The highest BCUT2D eigenvalue weighted by molar-refractivity contribution is 7.18. The van der Waals surface area contributed by atoms with Crippen LogP contribution >= 0.6 is 11.3 Å². The SMILES string of the molecule is COc1cccc(C(=O)Nc2nc([C]3[CH][CH][CH][CH]3)c(-n3cncn3)s2)c1. The molecule has 0 bridgehead atoms. The van der Waals surface area contributed by atoms with Gasteiger partial charge in [0.2, 0.25) is 0 Å². The summed E-state index contributed by atoms with van der Waals surface area (Å²) >= 11 is 1.33.